The summed E-state index contributed by atoms with van der Waals surface area (Å²) in [5.74, 6) is 0. The molecule has 0 aromatic heterocycles. The van der Waals surface area contributed by atoms with Crippen molar-refractivity contribution in [2.75, 3.05) is 0 Å². The van der Waals surface area contributed by atoms with E-state index in [9.17, 15) is 0 Å². The summed E-state index contributed by atoms with van der Waals surface area (Å²) < 4.78 is 0. The van der Waals surface area contributed by atoms with Crippen molar-refractivity contribution in [1.82, 2.24) is 0 Å². The molecule has 0 spiro atoms. The van der Waals surface area contributed by atoms with Crippen LogP contribution in [0, 0.1) is 0 Å². The molecule has 0 saturated carbocycles. The maximum atomic E-state index is 8.56. The van der Waals surface area contributed by atoms with Crippen LogP contribution in [0.3, 0.4) is 0 Å². The monoisotopic (exact) mass is 438 g/mol. The molecular formula is C3H18Ca6O9. The van der Waals surface area contributed by atoms with E-state index in [2.05, 4.69) is 0 Å². The molecule has 96 valence electrons. The zero-order chi connectivity index (χ0) is 10.7. The molecule has 0 heterocycles. The molecule has 18 heavy (non-hydrogen) atoms. The summed E-state index contributed by atoms with van der Waals surface area (Å²) in [4.78, 5) is 25.7. The molecule has 0 unspecified atom stereocenters. The standard InChI is InChI=1S/3CH2O3.6Ca.12H/c3*2-1(3)4;;;;;;;;;;;;;;;;;;/h3*(H2,2,3,4);;;;;;;;;;;;;;;;;;/q;;;6*+2;12*-1. The molecule has 0 aliphatic heterocycles. The third-order valence-corrected chi connectivity index (χ3v) is 0. The molecule has 0 aromatic rings. The fourth-order valence-electron chi connectivity index (χ4n) is 0. The summed E-state index contributed by atoms with van der Waals surface area (Å²) in [6, 6.07) is 0. The summed E-state index contributed by atoms with van der Waals surface area (Å²) in [5, 5.41) is 41.8. The van der Waals surface area contributed by atoms with E-state index in [1.54, 1.807) is 0 Å². The largest absolute Gasteiger partial charge is 2.00 e. The number of hydrogen-bond donors (Lipinski definition) is 6. The van der Waals surface area contributed by atoms with Crippen molar-refractivity contribution in [3.8, 4) is 0 Å². The predicted octanol–water partition coefficient (Wildman–Crippen LogP) is -0.268. The minimum atomic E-state index is -1.83. The quantitative estimate of drug-likeness (QED) is 0.278. The maximum absolute atomic E-state index is 8.56. The third kappa shape index (κ3) is 308. The van der Waals surface area contributed by atoms with Gasteiger partial charge < -0.3 is 47.8 Å². The van der Waals surface area contributed by atoms with Crippen LogP contribution in [-0.4, -0.2) is 276 Å². The van der Waals surface area contributed by atoms with Crippen molar-refractivity contribution in [3.63, 3.8) is 0 Å². The first-order valence-corrected chi connectivity index (χ1v) is 1.95. The van der Waals surface area contributed by atoms with Gasteiger partial charge in [0.25, 0.3) is 0 Å². The molecule has 0 amide bonds. The van der Waals surface area contributed by atoms with Crippen molar-refractivity contribution in [2.45, 2.75) is 0 Å². The van der Waals surface area contributed by atoms with Gasteiger partial charge in [-0.25, -0.2) is 14.4 Å². The zero-order valence-electron chi connectivity index (χ0n) is 21.7. The Morgan fingerprint density at radius 3 is 0.444 bits per heavy atom. The number of rotatable bonds is 0. The SMILES string of the molecule is O=C(O)O.O=C(O)O.O=C(O)O.[Ca+2].[Ca+2].[Ca+2].[Ca+2].[Ca+2].[Ca+2].[H-].[H-].[H-].[H-].[H-].[H-].[H-].[H-].[H-].[H-].[H-].[H-]. The van der Waals surface area contributed by atoms with Crippen LogP contribution in [-0.2, 0) is 0 Å². The molecule has 15 heteroatoms. The van der Waals surface area contributed by atoms with Gasteiger partial charge in [-0.05, 0) is 0 Å². The smallest absolute Gasteiger partial charge is 1.00 e. The van der Waals surface area contributed by atoms with Crippen LogP contribution in [0.1, 0.15) is 17.1 Å². The molecule has 0 aliphatic carbocycles. The Morgan fingerprint density at radius 2 is 0.444 bits per heavy atom. The molecule has 0 fully saturated rings. The van der Waals surface area contributed by atoms with Crippen LogP contribution >= 0.6 is 0 Å². The van der Waals surface area contributed by atoms with Gasteiger partial charge in [-0.2, -0.15) is 0 Å². The van der Waals surface area contributed by atoms with Gasteiger partial charge in [0.05, 0.1) is 0 Å². The Balaban J connectivity index is -0.00000000164. The third-order valence-electron chi connectivity index (χ3n) is 0. The molecule has 0 aliphatic rings. The van der Waals surface area contributed by atoms with Gasteiger partial charge in [-0.15, -0.1) is 0 Å². The first-order chi connectivity index (χ1) is 5.20. The second-order valence-corrected chi connectivity index (χ2v) is 0.848. The van der Waals surface area contributed by atoms with E-state index in [4.69, 9.17) is 45.0 Å². The molecule has 0 saturated heterocycles. The van der Waals surface area contributed by atoms with Gasteiger partial charge in [0, 0.05) is 0 Å². The van der Waals surface area contributed by atoms with Gasteiger partial charge in [0.15, 0.2) is 0 Å². The van der Waals surface area contributed by atoms with Gasteiger partial charge >= 0.3 is 245 Å². The fourth-order valence-corrected chi connectivity index (χ4v) is 0. The maximum Gasteiger partial charge on any atom is 2.00 e. The molecule has 9 nitrogen and oxygen atoms in total. The van der Waals surface area contributed by atoms with E-state index in [1.165, 1.54) is 0 Å². The molecule has 0 radical (unpaired) electrons. The Kier molecular flexibility index (Phi) is 156. The Bertz CT molecular complexity index is 153. The van der Waals surface area contributed by atoms with E-state index >= 15 is 0 Å². The Labute approximate surface area is 299 Å². The number of carboxylic acid groups (broad SMARTS) is 6. The van der Waals surface area contributed by atoms with E-state index in [0.717, 1.165) is 0 Å². The molecular weight excluding hydrogens is 420 g/mol. The zero-order valence-corrected chi connectivity index (χ0v) is 22.9. The fraction of sp³-hybridized carbons (Fsp3) is 0. The van der Waals surface area contributed by atoms with Crippen LogP contribution in [0.5, 0.6) is 0 Å². The van der Waals surface area contributed by atoms with Crippen LogP contribution in [0.15, 0.2) is 0 Å². The topological polar surface area (TPSA) is 173 Å². The van der Waals surface area contributed by atoms with Crippen LogP contribution < -0.4 is 0 Å². The Morgan fingerprint density at radius 1 is 0.444 bits per heavy atom. The second-order valence-electron chi connectivity index (χ2n) is 0.848. The number of carbonyl (C=O) groups is 3. The molecule has 6 N–H and O–H groups in total. The van der Waals surface area contributed by atoms with Gasteiger partial charge in [-0.3, -0.25) is 0 Å². The van der Waals surface area contributed by atoms with Crippen molar-refractivity contribution in [1.29, 1.82) is 0 Å². The summed E-state index contributed by atoms with van der Waals surface area (Å²) in [6.45, 7) is 0. The van der Waals surface area contributed by atoms with Crippen LogP contribution in [0.4, 0.5) is 14.4 Å². The van der Waals surface area contributed by atoms with Gasteiger partial charge in [0.2, 0.25) is 0 Å². The first kappa shape index (κ1) is 56.6. The summed E-state index contributed by atoms with van der Waals surface area (Å²) in [5.41, 5.74) is 0. The van der Waals surface area contributed by atoms with Crippen LogP contribution in [0.25, 0.3) is 0 Å². The molecule has 0 aromatic carbocycles. The predicted molar refractivity (Wildman–Crippen MR) is 79.8 cm³/mol. The summed E-state index contributed by atoms with van der Waals surface area (Å²) in [6.07, 6.45) is -5.50. The normalized spacial score (nSPS) is 4.00. The van der Waals surface area contributed by atoms with Crippen molar-refractivity contribution >= 4 is 245 Å². The van der Waals surface area contributed by atoms with E-state index in [0.29, 0.717) is 0 Å². The van der Waals surface area contributed by atoms with E-state index < -0.39 is 18.5 Å². The minimum Gasteiger partial charge on any atom is -1.00 e. The summed E-state index contributed by atoms with van der Waals surface area (Å²) >= 11 is 0. The first-order valence-electron chi connectivity index (χ1n) is 1.95. The average Bonchev–Trinajstić information content (AvgIpc) is 1.54. The minimum absolute atomic E-state index is 0. The van der Waals surface area contributed by atoms with E-state index in [-0.39, 0.29) is 244 Å². The van der Waals surface area contributed by atoms with Gasteiger partial charge in [0.1, 0.15) is 0 Å². The van der Waals surface area contributed by atoms with Crippen LogP contribution in [0.2, 0.25) is 0 Å². The average molecular weight is 439 g/mol. The summed E-state index contributed by atoms with van der Waals surface area (Å²) in [7, 11) is 0. The van der Waals surface area contributed by atoms with Crippen molar-refractivity contribution in [3.05, 3.63) is 0 Å². The molecule has 0 rings (SSSR count). The van der Waals surface area contributed by atoms with Crippen molar-refractivity contribution < 1.29 is 62.1 Å². The van der Waals surface area contributed by atoms with Crippen molar-refractivity contribution in [2.24, 2.45) is 0 Å². The second kappa shape index (κ2) is 49.5. The molecule has 0 atom stereocenters. The van der Waals surface area contributed by atoms with E-state index in [1.807, 2.05) is 0 Å². The van der Waals surface area contributed by atoms with Gasteiger partial charge in [-0.1, -0.05) is 0 Å². The number of hydrogen-bond acceptors (Lipinski definition) is 3. The molecule has 0 bridgehead atoms. The Hall–Kier alpha value is 5.37.